The Bertz CT molecular complexity index is 569. The molecule has 0 amide bonds. The molecule has 0 aliphatic carbocycles. The second kappa shape index (κ2) is 4.00. The predicted octanol–water partition coefficient (Wildman–Crippen LogP) is 2.35. The Morgan fingerprint density at radius 3 is 2.53 bits per heavy atom. The number of halogens is 3. The lowest BCUT2D eigenvalue weighted by molar-refractivity contribution is 0.377. The maximum atomic E-state index is 13.8. The zero-order valence-corrected chi connectivity index (χ0v) is 8.63. The van der Waals surface area contributed by atoms with Crippen molar-refractivity contribution in [2.24, 2.45) is 0 Å². The van der Waals surface area contributed by atoms with Gasteiger partial charge in [-0.1, -0.05) is 5.16 Å². The first kappa shape index (κ1) is 11.3. The number of aromatic nitrogens is 1. The van der Waals surface area contributed by atoms with Gasteiger partial charge in [0.05, 0.1) is 24.4 Å². The monoisotopic (exact) mass is 244 g/mol. The molecule has 1 aromatic carbocycles. The first-order valence-corrected chi connectivity index (χ1v) is 4.48. The highest BCUT2D eigenvalue weighted by Crippen LogP contribution is 2.36. The molecule has 0 bridgehead atoms. The molecule has 2 rings (SSSR count). The molecule has 0 spiro atoms. The molecule has 0 atom stereocenters. The first-order chi connectivity index (χ1) is 8.06. The van der Waals surface area contributed by atoms with Crippen LogP contribution in [0.4, 0.5) is 19.1 Å². The molecule has 1 heterocycles. The largest absolute Gasteiger partial charge is 0.494 e. The van der Waals surface area contributed by atoms with E-state index in [1.807, 2.05) is 0 Å². The maximum absolute atomic E-state index is 13.8. The van der Waals surface area contributed by atoms with E-state index >= 15 is 0 Å². The highest BCUT2D eigenvalue weighted by molar-refractivity contribution is 5.74. The van der Waals surface area contributed by atoms with Crippen LogP contribution in [0.2, 0.25) is 0 Å². The van der Waals surface area contributed by atoms with Gasteiger partial charge in [0.2, 0.25) is 5.88 Å². The number of benzene rings is 1. The van der Waals surface area contributed by atoms with Crippen molar-refractivity contribution in [1.29, 1.82) is 0 Å². The number of ether oxygens (including phenoxy) is 1. The molecule has 90 valence electrons. The zero-order chi connectivity index (χ0) is 12.6. The van der Waals surface area contributed by atoms with Crippen molar-refractivity contribution in [3.8, 4) is 16.9 Å². The minimum absolute atomic E-state index is 0.169. The fourth-order valence-electron chi connectivity index (χ4n) is 1.40. The van der Waals surface area contributed by atoms with Gasteiger partial charge in [0.1, 0.15) is 0 Å². The smallest absolute Gasteiger partial charge is 0.230 e. The molecule has 2 aromatic rings. The summed E-state index contributed by atoms with van der Waals surface area (Å²) in [5.41, 5.74) is 4.49. The standard InChI is InChI=1S/C10H7F3N2O2/c1-16-6-2-5(11)8(12)7(9(6)13)4-3-15-17-10(4)14/h2-3H,14H2,1H3. The van der Waals surface area contributed by atoms with E-state index in [0.717, 1.165) is 13.3 Å². The Kier molecular flexibility index (Phi) is 2.66. The molecule has 1 aromatic heterocycles. The maximum Gasteiger partial charge on any atom is 0.230 e. The summed E-state index contributed by atoms with van der Waals surface area (Å²) in [4.78, 5) is 0. The van der Waals surface area contributed by atoms with Gasteiger partial charge in [-0.25, -0.2) is 13.2 Å². The van der Waals surface area contributed by atoms with Gasteiger partial charge < -0.3 is 15.0 Å². The fourth-order valence-corrected chi connectivity index (χ4v) is 1.40. The number of hydrogen-bond acceptors (Lipinski definition) is 4. The lowest BCUT2D eigenvalue weighted by Crippen LogP contribution is -1.99. The van der Waals surface area contributed by atoms with Crippen LogP contribution in [0.15, 0.2) is 16.8 Å². The average Bonchev–Trinajstić information content (AvgIpc) is 2.71. The number of methoxy groups -OCH3 is 1. The summed E-state index contributed by atoms with van der Waals surface area (Å²) in [7, 11) is 1.14. The van der Waals surface area contributed by atoms with Crippen molar-refractivity contribution < 1.29 is 22.4 Å². The number of nitrogen functional groups attached to an aromatic ring is 1. The summed E-state index contributed by atoms with van der Waals surface area (Å²) in [6.07, 6.45) is 0.996. The molecule has 2 N–H and O–H groups in total. The van der Waals surface area contributed by atoms with Crippen LogP contribution in [-0.2, 0) is 0 Å². The van der Waals surface area contributed by atoms with E-state index < -0.39 is 28.8 Å². The molecule has 0 fully saturated rings. The summed E-state index contributed by atoms with van der Waals surface area (Å²) in [6.45, 7) is 0. The van der Waals surface area contributed by atoms with Gasteiger partial charge in [-0.05, 0) is 0 Å². The summed E-state index contributed by atoms with van der Waals surface area (Å²) in [5.74, 6) is -4.44. The van der Waals surface area contributed by atoms with Gasteiger partial charge in [-0.15, -0.1) is 0 Å². The van der Waals surface area contributed by atoms with E-state index in [-0.39, 0.29) is 11.4 Å². The van der Waals surface area contributed by atoms with Crippen LogP contribution in [0.3, 0.4) is 0 Å². The van der Waals surface area contributed by atoms with Crippen molar-refractivity contribution in [1.82, 2.24) is 5.16 Å². The summed E-state index contributed by atoms with van der Waals surface area (Å²) in [6, 6.07) is 0.609. The topological polar surface area (TPSA) is 61.3 Å². The second-order valence-corrected chi connectivity index (χ2v) is 3.17. The Labute approximate surface area is 93.8 Å². The summed E-state index contributed by atoms with van der Waals surface area (Å²) < 4.78 is 49.6. The third-order valence-corrected chi connectivity index (χ3v) is 2.21. The highest BCUT2D eigenvalue weighted by Gasteiger charge is 2.24. The van der Waals surface area contributed by atoms with Crippen LogP contribution in [0.5, 0.6) is 5.75 Å². The quantitative estimate of drug-likeness (QED) is 0.823. The number of anilines is 1. The molecule has 0 radical (unpaired) electrons. The lowest BCUT2D eigenvalue weighted by Gasteiger charge is -2.08. The second-order valence-electron chi connectivity index (χ2n) is 3.17. The van der Waals surface area contributed by atoms with Crippen LogP contribution >= 0.6 is 0 Å². The van der Waals surface area contributed by atoms with Gasteiger partial charge in [-0.3, -0.25) is 0 Å². The SMILES string of the molecule is COc1cc(F)c(F)c(-c2cnoc2N)c1F. The summed E-state index contributed by atoms with van der Waals surface area (Å²) in [5, 5.41) is 3.27. The molecule has 0 unspecified atom stereocenters. The third-order valence-electron chi connectivity index (χ3n) is 2.21. The van der Waals surface area contributed by atoms with Crippen LogP contribution in [-0.4, -0.2) is 12.3 Å². The molecule has 7 heteroatoms. The molecule has 17 heavy (non-hydrogen) atoms. The molecular formula is C10H7F3N2O2. The molecule has 0 aliphatic heterocycles. The van der Waals surface area contributed by atoms with E-state index in [4.69, 9.17) is 5.73 Å². The van der Waals surface area contributed by atoms with E-state index in [1.54, 1.807) is 0 Å². The fraction of sp³-hybridized carbons (Fsp3) is 0.100. The summed E-state index contributed by atoms with van der Waals surface area (Å²) >= 11 is 0. The number of nitrogens with zero attached hydrogens (tertiary/aromatic N) is 1. The van der Waals surface area contributed by atoms with Gasteiger partial charge in [0, 0.05) is 6.07 Å². The van der Waals surface area contributed by atoms with Crippen molar-refractivity contribution in [2.75, 3.05) is 12.8 Å². The van der Waals surface area contributed by atoms with Crippen LogP contribution in [0.1, 0.15) is 0 Å². The van der Waals surface area contributed by atoms with E-state index in [1.165, 1.54) is 0 Å². The zero-order valence-electron chi connectivity index (χ0n) is 8.63. The van der Waals surface area contributed by atoms with Gasteiger partial charge >= 0.3 is 0 Å². The molecular weight excluding hydrogens is 237 g/mol. The van der Waals surface area contributed by atoms with Crippen LogP contribution in [0, 0.1) is 17.5 Å². The molecule has 0 saturated carbocycles. The minimum Gasteiger partial charge on any atom is -0.494 e. The average molecular weight is 244 g/mol. The molecule has 0 aliphatic rings. The van der Waals surface area contributed by atoms with Crippen LogP contribution < -0.4 is 10.5 Å². The predicted molar refractivity (Wildman–Crippen MR) is 52.8 cm³/mol. The third kappa shape index (κ3) is 1.69. The van der Waals surface area contributed by atoms with E-state index in [0.29, 0.717) is 6.07 Å². The first-order valence-electron chi connectivity index (χ1n) is 4.48. The van der Waals surface area contributed by atoms with Crippen molar-refractivity contribution in [2.45, 2.75) is 0 Å². The van der Waals surface area contributed by atoms with Crippen molar-refractivity contribution >= 4 is 5.88 Å². The van der Waals surface area contributed by atoms with E-state index in [2.05, 4.69) is 14.4 Å². The van der Waals surface area contributed by atoms with Crippen molar-refractivity contribution in [3.63, 3.8) is 0 Å². The number of rotatable bonds is 2. The highest BCUT2D eigenvalue weighted by atomic mass is 19.2. The molecule has 0 saturated heterocycles. The Balaban J connectivity index is 2.76. The molecule has 4 nitrogen and oxygen atoms in total. The minimum atomic E-state index is -1.38. The number of hydrogen-bond donors (Lipinski definition) is 1. The van der Waals surface area contributed by atoms with Crippen LogP contribution in [0.25, 0.3) is 11.1 Å². The van der Waals surface area contributed by atoms with Gasteiger partial charge in [0.15, 0.2) is 23.2 Å². The lowest BCUT2D eigenvalue weighted by atomic mass is 10.1. The Hall–Kier alpha value is -2.18. The van der Waals surface area contributed by atoms with Crippen molar-refractivity contribution in [3.05, 3.63) is 29.7 Å². The van der Waals surface area contributed by atoms with E-state index in [9.17, 15) is 13.2 Å². The normalized spacial score (nSPS) is 10.6. The Morgan fingerprint density at radius 2 is 2.00 bits per heavy atom. The van der Waals surface area contributed by atoms with Gasteiger partial charge in [-0.2, -0.15) is 0 Å². The van der Waals surface area contributed by atoms with Gasteiger partial charge in [0.25, 0.3) is 0 Å². The Morgan fingerprint density at radius 1 is 1.29 bits per heavy atom. The number of nitrogens with two attached hydrogens (primary N) is 1.